The molecule has 1 N–H and O–H groups in total. The van der Waals surface area contributed by atoms with Gasteiger partial charge in [-0.05, 0) is 12.2 Å². The fraction of sp³-hybridized carbons (Fsp3) is 0.833. The number of rotatable bonds is 5. The van der Waals surface area contributed by atoms with Gasteiger partial charge >= 0.3 is 5.97 Å². The second-order valence-corrected chi connectivity index (χ2v) is 3.59. The molecule has 0 aliphatic rings. The molecule has 10 heavy (non-hydrogen) atoms. The molecule has 0 heterocycles. The first-order valence-corrected chi connectivity index (χ1v) is 4.85. The van der Waals surface area contributed by atoms with E-state index in [1.807, 2.05) is 6.92 Å². The quantitative estimate of drug-likeness (QED) is 0.630. The molecule has 0 aromatic carbocycles. The molecule has 0 amide bonds. The van der Waals surface area contributed by atoms with Gasteiger partial charge in [0.15, 0.2) is 0 Å². The summed E-state index contributed by atoms with van der Waals surface area (Å²) in [6, 6.07) is 0. The van der Waals surface area contributed by atoms with Crippen molar-refractivity contribution in [1.82, 2.24) is 0 Å². The molecule has 0 spiro atoms. The van der Waals surface area contributed by atoms with Crippen LogP contribution in [0.3, 0.4) is 0 Å². The van der Waals surface area contributed by atoms with E-state index in [1.54, 1.807) is 0 Å². The number of thiol groups is 1. The number of carbonyl (C=O) groups is 1. The molecule has 0 aromatic rings. The Labute approximate surface area is 70.8 Å². The Morgan fingerprint density at radius 1 is 1.80 bits per heavy atom. The van der Waals surface area contributed by atoms with Crippen molar-refractivity contribution in [2.75, 3.05) is 11.5 Å². The highest BCUT2D eigenvalue weighted by Crippen LogP contribution is 2.14. The highest BCUT2D eigenvalue weighted by atomic mass is 32.2. The maximum atomic E-state index is 10.4. The fourth-order valence-electron chi connectivity index (χ4n) is 0.559. The van der Waals surface area contributed by atoms with Crippen molar-refractivity contribution in [1.29, 1.82) is 0 Å². The minimum Gasteiger partial charge on any atom is -0.480 e. The molecule has 1 atom stereocenters. The molecule has 0 fully saturated rings. The Hall–Kier alpha value is 0.170. The summed E-state index contributed by atoms with van der Waals surface area (Å²) in [5, 5.41) is 8.31. The molecule has 0 bridgehead atoms. The Bertz CT molecular complexity index is 106. The topological polar surface area (TPSA) is 37.3 Å². The van der Waals surface area contributed by atoms with Crippen molar-refractivity contribution in [2.45, 2.75) is 18.6 Å². The summed E-state index contributed by atoms with van der Waals surface area (Å²) >= 11 is 5.44. The van der Waals surface area contributed by atoms with Crippen LogP contribution in [0, 0.1) is 0 Å². The molecule has 0 rings (SSSR count). The van der Waals surface area contributed by atoms with Gasteiger partial charge in [-0.1, -0.05) is 6.92 Å². The first kappa shape index (κ1) is 10.2. The van der Waals surface area contributed by atoms with Crippen LogP contribution in [0.2, 0.25) is 0 Å². The zero-order valence-electron chi connectivity index (χ0n) is 5.91. The van der Waals surface area contributed by atoms with Crippen LogP contribution in [0.15, 0.2) is 0 Å². The smallest absolute Gasteiger partial charge is 0.316 e. The van der Waals surface area contributed by atoms with E-state index in [4.69, 9.17) is 5.11 Å². The number of thioether (sulfide) groups is 1. The second kappa shape index (κ2) is 5.92. The Morgan fingerprint density at radius 3 is 2.70 bits per heavy atom. The summed E-state index contributed by atoms with van der Waals surface area (Å²) in [5.74, 6) is 0.844. The van der Waals surface area contributed by atoms with E-state index in [-0.39, 0.29) is 5.25 Å². The van der Waals surface area contributed by atoms with Crippen molar-refractivity contribution >= 4 is 30.4 Å². The van der Waals surface area contributed by atoms with Gasteiger partial charge in [0.2, 0.25) is 0 Å². The van der Waals surface area contributed by atoms with Gasteiger partial charge in [0.25, 0.3) is 0 Å². The molecular formula is C6H12O2S2. The summed E-state index contributed by atoms with van der Waals surface area (Å²) in [6.45, 7) is 1.88. The maximum Gasteiger partial charge on any atom is 0.316 e. The van der Waals surface area contributed by atoms with E-state index >= 15 is 0 Å². The van der Waals surface area contributed by atoms with Gasteiger partial charge in [0, 0.05) is 5.75 Å². The van der Waals surface area contributed by atoms with Gasteiger partial charge in [0.1, 0.15) is 5.25 Å². The second-order valence-electron chi connectivity index (χ2n) is 1.83. The third kappa shape index (κ3) is 4.06. The van der Waals surface area contributed by atoms with Crippen LogP contribution in [-0.2, 0) is 4.79 Å². The average Bonchev–Trinajstić information content (AvgIpc) is 1.89. The van der Waals surface area contributed by atoms with E-state index in [9.17, 15) is 4.79 Å². The van der Waals surface area contributed by atoms with Gasteiger partial charge in [0.05, 0.1) is 0 Å². The normalized spacial score (nSPS) is 13.0. The van der Waals surface area contributed by atoms with Gasteiger partial charge < -0.3 is 5.11 Å². The lowest BCUT2D eigenvalue weighted by molar-refractivity contribution is -0.136. The van der Waals surface area contributed by atoms with Gasteiger partial charge in [-0.2, -0.15) is 12.6 Å². The van der Waals surface area contributed by atoms with Crippen LogP contribution < -0.4 is 0 Å². The van der Waals surface area contributed by atoms with Crippen LogP contribution in [0.25, 0.3) is 0 Å². The van der Waals surface area contributed by atoms with Crippen LogP contribution in [0.5, 0.6) is 0 Å². The molecule has 0 saturated carbocycles. The molecule has 0 aromatic heterocycles. The largest absolute Gasteiger partial charge is 0.480 e. The number of carboxylic acid groups (broad SMARTS) is 1. The molecular weight excluding hydrogens is 168 g/mol. The number of hydrogen-bond donors (Lipinski definition) is 2. The van der Waals surface area contributed by atoms with Gasteiger partial charge in [-0.25, -0.2) is 0 Å². The van der Waals surface area contributed by atoms with Gasteiger partial charge in [-0.15, -0.1) is 11.8 Å². The lowest BCUT2D eigenvalue weighted by Gasteiger charge is -2.06. The molecule has 0 saturated heterocycles. The van der Waals surface area contributed by atoms with E-state index in [2.05, 4.69) is 12.6 Å². The first-order valence-electron chi connectivity index (χ1n) is 3.17. The SMILES string of the molecule is CCC(SCCS)C(=O)O. The Kier molecular flexibility index (Phi) is 6.02. The highest BCUT2D eigenvalue weighted by Gasteiger charge is 2.13. The molecule has 60 valence electrons. The summed E-state index contributed by atoms with van der Waals surface area (Å²) in [4.78, 5) is 10.4. The highest BCUT2D eigenvalue weighted by molar-refractivity contribution is 8.01. The molecule has 4 heteroatoms. The maximum absolute atomic E-state index is 10.4. The third-order valence-corrected chi connectivity index (χ3v) is 2.96. The van der Waals surface area contributed by atoms with Gasteiger partial charge in [-0.3, -0.25) is 4.79 Å². The summed E-state index contributed by atoms with van der Waals surface area (Å²) in [7, 11) is 0. The predicted molar refractivity (Wildman–Crippen MR) is 48.0 cm³/mol. The van der Waals surface area contributed by atoms with Crippen molar-refractivity contribution in [3.05, 3.63) is 0 Å². The monoisotopic (exact) mass is 180 g/mol. The van der Waals surface area contributed by atoms with Crippen LogP contribution in [0.4, 0.5) is 0 Å². The average molecular weight is 180 g/mol. The van der Waals surface area contributed by atoms with E-state index in [0.29, 0.717) is 6.42 Å². The van der Waals surface area contributed by atoms with Crippen molar-refractivity contribution in [2.24, 2.45) is 0 Å². The van der Waals surface area contributed by atoms with Crippen molar-refractivity contribution in [3.8, 4) is 0 Å². The fourth-order valence-corrected chi connectivity index (χ4v) is 1.64. The van der Waals surface area contributed by atoms with E-state index in [1.165, 1.54) is 11.8 Å². The van der Waals surface area contributed by atoms with Crippen molar-refractivity contribution < 1.29 is 9.90 Å². The number of carboxylic acids is 1. The molecule has 0 aliphatic heterocycles. The predicted octanol–water partition coefficient (Wildman–Crippen LogP) is 1.51. The summed E-state index contributed by atoms with van der Waals surface area (Å²) in [6.07, 6.45) is 0.688. The Morgan fingerprint density at radius 2 is 2.40 bits per heavy atom. The minimum absolute atomic E-state index is 0.243. The Balaban J connectivity index is 3.50. The van der Waals surface area contributed by atoms with Crippen LogP contribution >= 0.6 is 24.4 Å². The lowest BCUT2D eigenvalue weighted by atomic mass is 10.3. The zero-order valence-corrected chi connectivity index (χ0v) is 7.62. The number of aliphatic carboxylic acids is 1. The van der Waals surface area contributed by atoms with Crippen LogP contribution in [0.1, 0.15) is 13.3 Å². The standard InChI is InChI=1S/C6H12O2S2/c1-2-5(6(7)8)10-4-3-9/h5,9H,2-4H2,1H3,(H,7,8). The lowest BCUT2D eigenvalue weighted by Crippen LogP contribution is -2.15. The van der Waals surface area contributed by atoms with Crippen molar-refractivity contribution in [3.63, 3.8) is 0 Å². The zero-order chi connectivity index (χ0) is 7.98. The van der Waals surface area contributed by atoms with E-state index in [0.717, 1.165) is 11.5 Å². The van der Waals surface area contributed by atoms with Crippen LogP contribution in [-0.4, -0.2) is 27.8 Å². The molecule has 0 radical (unpaired) electrons. The minimum atomic E-state index is -0.714. The molecule has 1 unspecified atom stereocenters. The van der Waals surface area contributed by atoms with E-state index < -0.39 is 5.97 Å². The summed E-state index contributed by atoms with van der Waals surface area (Å²) < 4.78 is 0. The molecule has 0 aliphatic carbocycles. The summed E-state index contributed by atoms with van der Waals surface area (Å²) in [5.41, 5.74) is 0. The molecule has 2 nitrogen and oxygen atoms in total. The first-order chi connectivity index (χ1) is 4.72. The third-order valence-electron chi connectivity index (χ3n) is 1.06. The number of hydrogen-bond acceptors (Lipinski definition) is 3.